The number of hydrogen-bond donors (Lipinski definition) is 0. The van der Waals surface area contributed by atoms with E-state index in [1.165, 1.54) is 0 Å². The average molecular weight is 459 g/mol. The molecule has 0 amide bonds. The Kier molecular flexibility index (Phi) is 7.45. The molecular weight excluding hydrogens is 432 g/mol. The highest BCUT2D eigenvalue weighted by Gasteiger charge is 2.19. The summed E-state index contributed by atoms with van der Waals surface area (Å²) >= 11 is 7.69. The fraction of sp³-hybridized carbons (Fsp3) is 0.409. The molecule has 7 nitrogen and oxygen atoms in total. The molecule has 1 saturated heterocycles. The molecule has 0 aromatic carbocycles. The van der Waals surface area contributed by atoms with Gasteiger partial charge in [0, 0.05) is 43.5 Å². The predicted molar refractivity (Wildman–Crippen MR) is 124 cm³/mol. The Morgan fingerprint density at radius 2 is 2.23 bits per heavy atom. The van der Waals surface area contributed by atoms with E-state index in [-0.39, 0.29) is 0 Å². The smallest absolute Gasteiger partial charge is 0.191 e. The molecule has 9 heteroatoms. The molecule has 1 fully saturated rings. The number of aromatic nitrogens is 5. The fourth-order valence-electron chi connectivity index (χ4n) is 3.65. The van der Waals surface area contributed by atoms with Gasteiger partial charge in [-0.1, -0.05) is 29.4 Å². The molecule has 0 radical (unpaired) electrons. The number of halogens is 1. The number of hydrogen-bond acceptors (Lipinski definition) is 6. The number of nitrogens with zero attached hydrogens (tertiary/aromatic N) is 6. The minimum absolute atomic E-state index is 0.319. The highest BCUT2D eigenvalue weighted by Crippen LogP contribution is 2.24. The van der Waals surface area contributed by atoms with Crippen molar-refractivity contribution in [1.82, 2.24) is 29.2 Å². The second-order valence-electron chi connectivity index (χ2n) is 7.62. The van der Waals surface area contributed by atoms with E-state index in [1.54, 1.807) is 18.0 Å². The van der Waals surface area contributed by atoms with E-state index in [2.05, 4.69) is 48.9 Å². The zero-order valence-corrected chi connectivity index (χ0v) is 19.2. The van der Waals surface area contributed by atoms with Crippen LogP contribution in [0, 0.1) is 0 Å². The van der Waals surface area contributed by atoms with E-state index >= 15 is 0 Å². The molecule has 0 unspecified atom stereocenters. The third kappa shape index (κ3) is 5.57. The van der Waals surface area contributed by atoms with Crippen molar-refractivity contribution >= 4 is 23.4 Å². The summed E-state index contributed by atoms with van der Waals surface area (Å²) in [4.78, 5) is 6.65. The molecule has 164 valence electrons. The quantitative estimate of drug-likeness (QED) is 0.335. The summed E-state index contributed by atoms with van der Waals surface area (Å²) in [6.45, 7) is 6.89. The van der Waals surface area contributed by atoms with Crippen LogP contribution in [0.2, 0.25) is 5.02 Å². The van der Waals surface area contributed by atoms with Crippen molar-refractivity contribution in [1.29, 1.82) is 0 Å². The lowest BCUT2D eigenvalue weighted by Gasteiger charge is -2.18. The molecule has 3 aromatic heterocycles. The summed E-state index contributed by atoms with van der Waals surface area (Å²) in [5.41, 5.74) is 1.14. The predicted octanol–water partition coefficient (Wildman–Crippen LogP) is 4.21. The Morgan fingerprint density at radius 1 is 1.32 bits per heavy atom. The third-order valence-corrected chi connectivity index (χ3v) is 6.48. The third-order valence-electron chi connectivity index (χ3n) is 5.16. The Bertz CT molecular complexity index is 996. The maximum atomic E-state index is 5.98. The van der Waals surface area contributed by atoms with E-state index < -0.39 is 0 Å². The molecule has 0 aliphatic carbocycles. The summed E-state index contributed by atoms with van der Waals surface area (Å²) in [6.07, 6.45) is 8.16. The van der Waals surface area contributed by atoms with E-state index in [4.69, 9.17) is 16.3 Å². The van der Waals surface area contributed by atoms with Crippen LogP contribution in [-0.2, 0) is 24.4 Å². The van der Waals surface area contributed by atoms with E-state index in [0.717, 1.165) is 54.2 Å². The van der Waals surface area contributed by atoms with Crippen LogP contribution in [0.1, 0.15) is 24.4 Å². The number of pyridine rings is 1. The summed E-state index contributed by atoms with van der Waals surface area (Å²) in [6, 6.07) is 7.90. The standard InChI is InChI=1S/C22H27ClN6OS/c1-3-10-29-21(25-26-22(29)31-16-19-7-5-12-30-19)15-27(2)14-18-6-4-11-28(18)20-9-8-17(23)13-24-20/h3-4,6,8-9,11,13,19H,1,5,7,10,12,14-16H2,2H3/t19-/m1/s1. The largest absolute Gasteiger partial charge is 0.377 e. The molecule has 1 aliphatic heterocycles. The van der Waals surface area contributed by atoms with E-state index in [0.29, 0.717) is 24.2 Å². The Hall–Kier alpha value is -2.13. The number of thioether (sulfide) groups is 1. The molecule has 0 N–H and O–H groups in total. The Balaban J connectivity index is 1.42. The van der Waals surface area contributed by atoms with Gasteiger partial charge in [-0.2, -0.15) is 0 Å². The lowest BCUT2D eigenvalue weighted by Crippen LogP contribution is -2.22. The van der Waals surface area contributed by atoms with Crippen molar-refractivity contribution in [3.8, 4) is 5.82 Å². The summed E-state index contributed by atoms with van der Waals surface area (Å²) in [7, 11) is 2.08. The molecule has 1 atom stereocenters. The van der Waals surface area contributed by atoms with Crippen LogP contribution in [0.5, 0.6) is 0 Å². The number of rotatable bonds is 10. The van der Waals surface area contributed by atoms with Crippen LogP contribution in [0.15, 0.2) is 54.5 Å². The number of ether oxygens (including phenoxy) is 1. The first-order valence-corrected chi connectivity index (χ1v) is 11.7. The maximum absolute atomic E-state index is 5.98. The van der Waals surface area contributed by atoms with Crippen molar-refractivity contribution in [2.75, 3.05) is 19.4 Å². The van der Waals surface area contributed by atoms with Crippen LogP contribution in [-0.4, -0.2) is 54.7 Å². The lowest BCUT2D eigenvalue weighted by atomic mass is 10.3. The van der Waals surface area contributed by atoms with Crippen molar-refractivity contribution in [3.05, 3.63) is 65.9 Å². The monoisotopic (exact) mass is 458 g/mol. The van der Waals surface area contributed by atoms with Crippen molar-refractivity contribution in [2.24, 2.45) is 0 Å². The normalized spacial score (nSPS) is 16.3. The average Bonchev–Trinajstić information content (AvgIpc) is 3.51. The fourth-order valence-corrected chi connectivity index (χ4v) is 4.80. The molecule has 4 rings (SSSR count). The van der Waals surface area contributed by atoms with Gasteiger partial charge in [-0.3, -0.25) is 4.90 Å². The van der Waals surface area contributed by atoms with Gasteiger partial charge < -0.3 is 13.9 Å². The van der Waals surface area contributed by atoms with Gasteiger partial charge in [-0.25, -0.2) is 4.98 Å². The minimum Gasteiger partial charge on any atom is -0.377 e. The molecule has 3 aromatic rings. The Morgan fingerprint density at radius 3 is 2.97 bits per heavy atom. The van der Waals surface area contributed by atoms with Crippen molar-refractivity contribution in [2.45, 2.75) is 43.7 Å². The van der Waals surface area contributed by atoms with Gasteiger partial charge >= 0.3 is 0 Å². The van der Waals surface area contributed by atoms with Gasteiger partial charge in [0.1, 0.15) is 11.6 Å². The van der Waals surface area contributed by atoms with Crippen molar-refractivity contribution in [3.63, 3.8) is 0 Å². The molecule has 4 heterocycles. The van der Waals surface area contributed by atoms with Crippen molar-refractivity contribution < 1.29 is 4.74 Å². The molecular formula is C22H27ClN6OS. The highest BCUT2D eigenvalue weighted by molar-refractivity contribution is 7.99. The van der Waals surface area contributed by atoms with E-state index in [9.17, 15) is 0 Å². The van der Waals surface area contributed by atoms with Crippen LogP contribution in [0.25, 0.3) is 5.82 Å². The number of allylic oxidation sites excluding steroid dienone is 1. The first-order chi connectivity index (χ1) is 15.1. The lowest BCUT2D eigenvalue weighted by molar-refractivity contribution is 0.129. The molecule has 31 heavy (non-hydrogen) atoms. The summed E-state index contributed by atoms with van der Waals surface area (Å²) in [5.74, 6) is 2.69. The zero-order valence-electron chi connectivity index (χ0n) is 17.7. The maximum Gasteiger partial charge on any atom is 0.191 e. The Labute approximate surface area is 192 Å². The molecule has 1 aliphatic rings. The molecule has 0 bridgehead atoms. The van der Waals surface area contributed by atoms with Gasteiger partial charge in [0.25, 0.3) is 0 Å². The molecule has 0 spiro atoms. The van der Waals surface area contributed by atoms with Crippen LogP contribution in [0.3, 0.4) is 0 Å². The van der Waals surface area contributed by atoms with E-state index in [1.807, 2.05) is 30.5 Å². The highest BCUT2D eigenvalue weighted by atomic mass is 35.5. The van der Waals surface area contributed by atoms with Crippen LogP contribution >= 0.6 is 23.4 Å². The van der Waals surface area contributed by atoms with Crippen LogP contribution < -0.4 is 0 Å². The topological polar surface area (TPSA) is 61.0 Å². The van der Waals surface area contributed by atoms with Gasteiger partial charge in [-0.15, -0.1) is 16.8 Å². The second kappa shape index (κ2) is 10.5. The van der Waals surface area contributed by atoms with Gasteiger partial charge in [0.05, 0.1) is 17.7 Å². The first-order valence-electron chi connectivity index (χ1n) is 10.4. The van der Waals surface area contributed by atoms with Gasteiger partial charge in [-0.05, 0) is 44.2 Å². The summed E-state index contributed by atoms with van der Waals surface area (Å²) < 4.78 is 9.95. The zero-order chi connectivity index (χ0) is 21.6. The first kappa shape index (κ1) is 22.1. The summed E-state index contributed by atoms with van der Waals surface area (Å²) in [5, 5.41) is 10.5. The van der Waals surface area contributed by atoms with Gasteiger partial charge in [0.2, 0.25) is 0 Å². The minimum atomic E-state index is 0.319. The second-order valence-corrected chi connectivity index (χ2v) is 9.04. The van der Waals surface area contributed by atoms with Gasteiger partial charge in [0.15, 0.2) is 5.16 Å². The SMILES string of the molecule is C=CCn1c(CN(C)Cc2cccn2-c2ccc(Cl)cn2)nnc1SC[C@H]1CCCO1. The molecule has 0 saturated carbocycles. The van der Waals surface area contributed by atoms with Crippen LogP contribution in [0.4, 0.5) is 0 Å².